The minimum Gasteiger partial charge on any atom is -0.486 e. The van der Waals surface area contributed by atoms with Crippen molar-refractivity contribution in [2.75, 3.05) is 25.2 Å². The average molecular weight is 264 g/mol. The highest BCUT2D eigenvalue weighted by Gasteiger charge is 2.18. The van der Waals surface area contributed by atoms with Crippen LogP contribution in [0.5, 0.6) is 11.5 Å². The molecule has 5 nitrogen and oxygen atoms in total. The first-order valence-electron chi connectivity index (χ1n) is 5.48. The molecule has 2 N–H and O–H groups in total. The molecule has 6 heteroatoms. The third-order valence-corrected chi connectivity index (χ3v) is 3.44. The van der Waals surface area contributed by atoms with Gasteiger partial charge in [0.1, 0.15) is 13.2 Å². The van der Waals surface area contributed by atoms with Crippen LogP contribution in [0.2, 0.25) is 0 Å². The molecule has 0 spiro atoms. The molecule has 2 aromatic rings. The Hall–Kier alpha value is -1.82. The van der Waals surface area contributed by atoms with Crippen LogP contribution in [-0.4, -0.2) is 24.6 Å². The van der Waals surface area contributed by atoms with E-state index in [1.165, 1.54) is 0 Å². The number of hydrogen-bond acceptors (Lipinski definition) is 6. The van der Waals surface area contributed by atoms with Crippen molar-refractivity contribution in [1.29, 1.82) is 0 Å². The van der Waals surface area contributed by atoms with Gasteiger partial charge in [-0.1, -0.05) is 5.16 Å². The number of nitrogens with zero attached hydrogens (tertiary/aromatic N) is 1. The van der Waals surface area contributed by atoms with Gasteiger partial charge in [0.15, 0.2) is 23.1 Å². The van der Waals surface area contributed by atoms with Crippen LogP contribution >= 0.6 is 11.8 Å². The lowest BCUT2D eigenvalue weighted by atomic mass is 10.1. The minimum atomic E-state index is 0.368. The molecule has 3 rings (SSSR count). The number of benzene rings is 1. The summed E-state index contributed by atoms with van der Waals surface area (Å²) in [5.41, 5.74) is 6.49. The Morgan fingerprint density at radius 1 is 1.17 bits per heavy atom. The van der Waals surface area contributed by atoms with Crippen LogP contribution in [0.15, 0.2) is 27.6 Å². The van der Waals surface area contributed by atoms with Crippen molar-refractivity contribution in [2.45, 2.75) is 4.90 Å². The lowest BCUT2D eigenvalue weighted by Gasteiger charge is -2.20. The van der Waals surface area contributed by atoms with E-state index >= 15 is 0 Å². The van der Waals surface area contributed by atoms with Crippen LogP contribution in [0.25, 0.3) is 11.3 Å². The maximum atomic E-state index is 5.58. The topological polar surface area (TPSA) is 70.5 Å². The van der Waals surface area contributed by atoms with E-state index in [1.54, 1.807) is 17.8 Å². The molecule has 0 fully saturated rings. The molecule has 0 saturated carbocycles. The number of nitrogen functional groups attached to an aromatic ring is 1. The molecular formula is C12H12N2O3S. The molecule has 0 aliphatic carbocycles. The number of thioether (sulfide) groups is 1. The molecule has 0 unspecified atom stereocenters. The molecule has 2 heterocycles. The van der Waals surface area contributed by atoms with E-state index in [0.29, 0.717) is 24.8 Å². The first-order chi connectivity index (χ1) is 8.78. The van der Waals surface area contributed by atoms with Crippen LogP contribution in [0.1, 0.15) is 0 Å². The Kier molecular flexibility index (Phi) is 2.79. The Balaban J connectivity index is 2.12. The first-order valence-corrected chi connectivity index (χ1v) is 6.70. The quantitative estimate of drug-likeness (QED) is 0.840. The second-order valence-electron chi connectivity index (χ2n) is 3.81. The Bertz CT molecular complexity index is 583. The number of aromatic nitrogens is 1. The van der Waals surface area contributed by atoms with Gasteiger partial charge in [0.2, 0.25) is 0 Å². The summed E-state index contributed by atoms with van der Waals surface area (Å²) in [4.78, 5) is 1.04. The maximum Gasteiger partial charge on any atom is 0.170 e. The largest absolute Gasteiger partial charge is 0.486 e. The SMILES string of the molecule is CSc1cc2c(cc1-c1cc(N)no1)OCCO2. The summed E-state index contributed by atoms with van der Waals surface area (Å²) in [6.07, 6.45) is 1.99. The molecule has 18 heavy (non-hydrogen) atoms. The Morgan fingerprint density at radius 2 is 1.89 bits per heavy atom. The second kappa shape index (κ2) is 4.45. The number of fused-ring (bicyclic) bond motifs is 1. The molecule has 0 amide bonds. The zero-order valence-electron chi connectivity index (χ0n) is 9.80. The lowest BCUT2D eigenvalue weighted by molar-refractivity contribution is 0.171. The van der Waals surface area contributed by atoms with Crippen molar-refractivity contribution < 1.29 is 14.0 Å². The third-order valence-electron chi connectivity index (χ3n) is 2.66. The molecule has 1 aromatic carbocycles. The highest BCUT2D eigenvalue weighted by Crippen LogP contribution is 2.41. The van der Waals surface area contributed by atoms with E-state index in [-0.39, 0.29) is 0 Å². The third kappa shape index (κ3) is 1.88. The van der Waals surface area contributed by atoms with Crippen molar-refractivity contribution in [3.05, 3.63) is 18.2 Å². The van der Waals surface area contributed by atoms with Gasteiger partial charge < -0.3 is 19.7 Å². The van der Waals surface area contributed by atoms with Crippen LogP contribution in [0.3, 0.4) is 0 Å². The van der Waals surface area contributed by atoms with Crippen LogP contribution in [0, 0.1) is 0 Å². The highest BCUT2D eigenvalue weighted by atomic mass is 32.2. The predicted octanol–water partition coefficient (Wildman–Crippen LogP) is 2.42. The van der Waals surface area contributed by atoms with E-state index < -0.39 is 0 Å². The first kappa shape index (κ1) is 11.3. The molecule has 1 aromatic heterocycles. The minimum absolute atomic E-state index is 0.368. The van der Waals surface area contributed by atoms with Gasteiger partial charge in [0.25, 0.3) is 0 Å². The summed E-state index contributed by atoms with van der Waals surface area (Å²) in [7, 11) is 0. The fraction of sp³-hybridized carbons (Fsp3) is 0.250. The van der Waals surface area contributed by atoms with Crippen molar-refractivity contribution in [3.63, 3.8) is 0 Å². The van der Waals surface area contributed by atoms with Crippen LogP contribution in [0.4, 0.5) is 5.82 Å². The highest BCUT2D eigenvalue weighted by molar-refractivity contribution is 7.98. The van der Waals surface area contributed by atoms with Gasteiger partial charge in [-0.25, -0.2) is 0 Å². The van der Waals surface area contributed by atoms with Gasteiger partial charge in [-0.15, -0.1) is 11.8 Å². The molecular weight excluding hydrogens is 252 g/mol. The van der Waals surface area contributed by atoms with Crippen molar-refractivity contribution in [2.24, 2.45) is 0 Å². The van der Waals surface area contributed by atoms with Gasteiger partial charge in [-0.05, 0) is 18.4 Å². The average Bonchev–Trinajstić information content (AvgIpc) is 2.83. The zero-order chi connectivity index (χ0) is 12.5. The molecule has 1 aliphatic rings. The van der Waals surface area contributed by atoms with Gasteiger partial charge in [-0.3, -0.25) is 0 Å². The summed E-state index contributed by atoms with van der Waals surface area (Å²) in [5, 5.41) is 3.70. The van der Waals surface area contributed by atoms with Crippen molar-refractivity contribution in [3.8, 4) is 22.8 Å². The Morgan fingerprint density at radius 3 is 2.50 bits per heavy atom. The molecule has 0 radical (unpaired) electrons. The molecule has 0 bridgehead atoms. The summed E-state index contributed by atoms with van der Waals surface area (Å²) >= 11 is 1.61. The summed E-state index contributed by atoms with van der Waals surface area (Å²) in [6, 6.07) is 5.55. The monoisotopic (exact) mass is 264 g/mol. The molecule has 0 atom stereocenters. The fourth-order valence-electron chi connectivity index (χ4n) is 1.85. The summed E-state index contributed by atoms with van der Waals surface area (Å²) < 4.78 is 16.3. The fourth-order valence-corrected chi connectivity index (χ4v) is 2.45. The number of nitrogens with two attached hydrogens (primary N) is 1. The molecule has 0 saturated heterocycles. The zero-order valence-corrected chi connectivity index (χ0v) is 10.6. The standard InChI is InChI=1S/C12H12N2O3S/c1-18-11-5-10-9(15-2-3-16-10)4-7(11)8-6-12(13)14-17-8/h4-6H,2-3H2,1H3,(H2,13,14). The Labute approximate surface area is 108 Å². The number of rotatable bonds is 2. The normalized spacial score (nSPS) is 13.6. The van der Waals surface area contributed by atoms with E-state index in [4.69, 9.17) is 19.7 Å². The van der Waals surface area contributed by atoms with Gasteiger partial charge in [-0.2, -0.15) is 0 Å². The van der Waals surface area contributed by atoms with E-state index in [0.717, 1.165) is 22.0 Å². The summed E-state index contributed by atoms with van der Waals surface area (Å²) in [5.74, 6) is 2.49. The van der Waals surface area contributed by atoms with Crippen molar-refractivity contribution in [1.82, 2.24) is 5.16 Å². The predicted molar refractivity (Wildman–Crippen MR) is 69.1 cm³/mol. The number of ether oxygens (including phenoxy) is 2. The van der Waals surface area contributed by atoms with Gasteiger partial charge >= 0.3 is 0 Å². The van der Waals surface area contributed by atoms with Crippen LogP contribution in [-0.2, 0) is 0 Å². The van der Waals surface area contributed by atoms with Gasteiger partial charge in [0, 0.05) is 16.5 Å². The van der Waals surface area contributed by atoms with E-state index in [2.05, 4.69) is 5.16 Å². The second-order valence-corrected chi connectivity index (χ2v) is 4.66. The van der Waals surface area contributed by atoms with Crippen molar-refractivity contribution >= 4 is 17.6 Å². The lowest BCUT2D eigenvalue weighted by Crippen LogP contribution is -2.15. The number of anilines is 1. The number of hydrogen-bond donors (Lipinski definition) is 1. The van der Waals surface area contributed by atoms with E-state index in [1.807, 2.05) is 18.4 Å². The van der Waals surface area contributed by atoms with E-state index in [9.17, 15) is 0 Å². The smallest absolute Gasteiger partial charge is 0.170 e. The van der Waals surface area contributed by atoms with Gasteiger partial charge in [0.05, 0.1) is 0 Å². The van der Waals surface area contributed by atoms with Crippen LogP contribution < -0.4 is 15.2 Å². The summed E-state index contributed by atoms with van der Waals surface area (Å²) in [6.45, 7) is 1.14. The molecule has 94 valence electrons. The molecule has 1 aliphatic heterocycles. The maximum absolute atomic E-state index is 5.58.